The number of fused-ring (bicyclic) bond motifs is 1. The average Bonchev–Trinajstić information content (AvgIpc) is 3.10. The maximum Gasteiger partial charge on any atom is 0.295 e. The summed E-state index contributed by atoms with van der Waals surface area (Å²) >= 11 is 1.52. The van der Waals surface area contributed by atoms with Gasteiger partial charge in [-0.1, -0.05) is 0 Å². The Labute approximate surface area is 140 Å². The number of hydrogen-bond acceptors (Lipinski definition) is 4. The summed E-state index contributed by atoms with van der Waals surface area (Å²) in [6.07, 6.45) is 1.20. The van der Waals surface area contributed by atoms with Crippen molar-refractivity contribution < 1.29 is 13.6 Å². The number of alkyl halides is 2. The van der Waals surface area contributed by atoms with Crippen molar-refractivity contribution in [3.05, 3.63) is 46.2 Å². The van der Waals surface area contributed by atoms with Gasteiger partial charge in [0, 0.05) is 17.1 Å². The van der Waals surface area contributed by atoms with E-state index in [2.05, 4.69) is 20.3 Å². The van der Waals surface area contributed by atoms with Crippen LogP contribution >= 0.6 is 11.3 Å². The molecule has 0 spiro atoms. The molecule has 0 saturated heterocycles. The fourth-order valence-electron chi connectivity index (χ4n) is 2.70. The standard InChI is InChI=1S/C16H14F2N4OS/c17-13(18)14-20-10-4-3-9(7-11(10)21-14)15(23)22-12(8-1-2-8)16-19-5-6-24-16/h3-8,12-13H,1-2H2,(H,20,21)(H,22,23)/t12-/m1/s1. The minimum absolute atomic E-state index is 0.0911. The Kier molecular flexibility index (Phi) is 3.76. The van der Waals surface area contributed by atoms with Crippen molar-refractivity contribution >= 4 is 28.3 Å². The quantitative estimate of drug-likeness (QED) is 0.736. The Balaban J connectivity index is 1.58. The van der Waals surface area contributed by atoms with Crippen molar-refractivity contribution in [1.82, 2.24) is 20.3 Å². The van der Waals surface area contributed by atoms with Crippen LogP contribution in [0, 0.1) is 5.92 Å². The highest BCUT2D eigenvalue weighted by Crippen LogP contribution is 2.41. The molecule has 1 amide bonds. The van der Waals surface area contributed by atoms with Gasteiger partial charge in [-0.3, -0.25) is 4.79 Å². The van der Waals surface area contributed by atoms with Gasteiger partial charge in [0.15, 0.2) is 5.82 Å². The lowest BCUT2D eigenvalue weighted by molar-refractivity contribution is 0.0931. The molecule has 0 bridgehead atoms. The molecule has 0 aliphatic heterocycles. The van der Waals surface area contributed by atoms with Crippen LogP contribution in [0.25, 0.3) is 11.0 Å². The summed E-state index contributed by atoms with van der Waals surface area (Å²) < 4.78 is 25.4. The summed E-state index contributed by atoms with van der Waals surface area (Å²) in [5.74, 6) is -0.209. The molecule has 2 heterocycles. The summed E-state index contributed by atoms with van der Waals surface area (Å²) in [5, 5.41) is 5.80. The molecule has 1 aliphatic carbocycles. The summed E-state index contributed by atoms with van der Waals surface area (Å²) in [5.41, 5.74) is 1.25. The molecule has 5 nitrogen and oxygen atoms in total. The highest BCUT2D eigenvalue weighted by atomic mass is 32.1. The number of hydrogen-bond donors (Lipinski definition) is 2. The maximum atomic E-state index is 12.7. The molecule has 1 aliphatic rings. The zero-order chi connectivity index (χ0) is 16.7. The van der Waals surface area contributed by atoms with E-state index in [1.807, 2.05) is 5.38 Å². The lowest BCUT2D eigenvalue weighted by Crippen LogP contribution is -2.29. The highest BCUT2D eigenvalue weighted by molar-refractivity contribution is 7.09. The van der Waals surface area contributed by atoms with E-state index < -0.39 is 6.43 Å². The monoisotopic (exact) mass is 348 g/mol. The molecule has 124 valence electrons. The SMILES string of the molecule is O=C(N[C@@H](c1nccs1)C1CC1)c1ccc2nc(C(F)F)[nH]c2c1. The first kappa shape index (κ1) is 15.2. The highest BCUT2D eigenvalue weighted by Gasteiger charge is 2.35. The number of nitrogens with one attached hydrogen (secondary N) is 2. The smallest absolute Gasteiger partial charge is 0.295 e. The van der Waals surface area contributed by atoms with Gasteiger partial charge < -0.3 is 10.3 Å². The number of halogens is 2. The number of rotatable bonds is 5. The summed E-state index contributed by atoms with van der Waals surface area (Å²) in [6.45, 7) is 0. The van der Waals surface area contributed by atoms with E-state index in [1.54, 1.807) is 24.4 Å². The van der Waals surface area contributed by atoms with Crippen LogP contribution < -0.4 is 5.32 Å². The van der Waals surface area contributed by atoms with E-state index >= 15 is 0 Å². The number of H-pyrrole nitrogens is 1. The van der Waals surface area contributed by atoms with Crippen molar-refractivity contribution in [2.75, 3.05) is 0 Å². The van der Waals surface area contributed by atoms with Crippen molar-refractivity contribution in [1.29, 1.82) is 0 Å². The number of nitrogens with zero attached hydrogens (tertiary/aromatic N) is 2. The third kappa shape index (κ3) is 2.89. The second-order valence-corrected chi connectivity index (χ2v) is 6.74. The third-order valence-electron chi connectivity index (χ3n) is 4.07. The molecule has 3 aromatic rings. The van der Waals surface area contributed by atoms with Crippen LogP contribution in [0.15, 0.2) is 29.8 Å². The fourth-order valence-corrected chi connectivity index (χ4v) is 3.48. The Hall–Kier alpha value is -2.35. The molecule has 1 atom stereocenters. The molecule has 0 unspecified atom stereocenters. The number of carbonyl (C=O) groups is 1. The summed E-state index contributed by atoms with van der Waals surface area (Å²) in [6, 6.07) is 4.63. The lowest BCUT2D eigenvalue weighted by atomic mass is 10.1. The number of imidazole rings is 1. The van der Waals surface area contributed by atoms with Crippen LogP contribution in [-0.2, 0) is 0 Å². The number of amides is 1. The first-order chi connectivity index (χ1) is 11.6. The molecule has 1 fully saturated rings. The first-order valence-electron chi connectivity index (χ1n) is 7.60. The molecule has 24 heavy (non-hydrogen) atoms. The van der Waals surface area contributed by atoms with Gasteiger partial charge in [-0.15, -0.1) is 11.3 Å². The molecule has 8 heteroatoms. The Morgan fingerprint density at radius 3 is 2.88 bits per heavy atom. The number of carbonyl (C=O) groups excluding carboxylic acids is 1. The molecule has 4 rings (SSSR count). The average molecular weight is 348 g/mol. The van der Waals surface area contributed by atoms with Crippen LogP contribution in [0.4, 0.5) is 8.78 Å². The van der Waals surface area contributed by atoms with Crippen molar-refractivity contribution in [3.8, 4) is 0 Å². The summed E-state index contributed by atoms with van der Waals surface area (Å²) in [4.78, 5) is 23.2. The zero-order valence-corrected chi connectivity index (χ0v) is 13.3. The molecule has 1 aromatic carbocycles. The van der Waals surface area contributed by atoms with Gasteiger partial charge in [-0.05, 0) is 37.0 Å². The van der Waals surface area contributed by atoms with E-state index in [0.717, 1.165) is 17.8 Å². The fraction of sp³-hybridized carbons (Fsp3) is 0.312. The van der Waals surface area contributed by atoms with Gasteiger partial charge in [0.1, 0.15) is 5.01 Å². The van der Waals surface area contributed by atoms with Gasteiger partial charge in [0.25, 0.3) is 12.3 Å². The number of aromatic amines is 1. The van der Waals surface area contributed by atoms with Gasteiger partial charge in [0.2, 0.25) is 0 Å². The van der Waals surface area contributed by atoms with E-state index in [-0.39, 0.29) is 17.8 Å². The van der Waals surface area contributed by atoms with Gasteiger partial charge >= 0.3 is 0 Å². The van der Waals surface area contributed by atoms with Crippen LogP contribution in [0.2, 0.25) is 0 Å². The van der Waals surface area contributed by atoms with Crippen LogP contribution in [-0.4, -0.2) is 20.9 Å². The molecule has 0 radical (unpaired) electrons. The minimum Gasteiger partial charge on any atom is -0.343 e. The van der Waals surface area contributed by atoms with E-state index in [4.69, 9.17) is 0 Å². The van der Waals surface area contributed by atoms with Crippen LogP contribution in [0.1, 0.15) is 46.5 Å². The normalized spacial score (nSPS) is 15.8. The predicted molar refractivity (Wildman–Crippen MR) is 86.1 cm³/mol. The van der Waals surface area contributed by atoms with E-state index in [1.165, 1.54) is 11.3 Å². The summed E-state index contributed by atoms with van der Waals surface area (Å²) in [7, 11) is 0. The second-order valence-electron chi connectivity index (χ2n) is 5.81. The zero-order valence-electron chi connectivity index (χ0n) is 12.5. The van der Waals surface area contributed by atoms with Crippen molar-refractivity contribution in [3.63, 3.8) is 0 Å². The molecule has 2 N–H and O–H groups in total. The lowest BCUT2D eigenvalue weighted by Gasteiger charge is -2.15. The van der Waals surface area contributed by atoms with Crippen LogP contribution in [0.5, 0.6) is 0 Å². The van der Waals surface area contributed by atoms with Crippen molar-refractivity contribution in [2.24, 2.45) is 5.92 Å². The molecule has 2 aromatic heterocycles. The minimum atomic E-state index is -2.67. The van der Waals surface area contributed by atoms with E-state index in [9.17, 15) is 13.6 Å². The second kappa shape index (κ2) is 5.94. The van der Waals surface area contributed by atoms with Gasteiger partial charge in [0.05, 0.1) is 17.1 Å². The topological polar surface area (TPSA) is 70.7 Å². The number of aromatic nitrogens is 3. The Morgan fingerprint density at radius 2 is 2.21 bits per heavy atom. The molecule has 1 saturated carbocycles. The number of thiazole rings is 1. The van der Waals surface area contributed by atoms with Crippen molar-refractivity contribution in [2.45, 2.75) is 25.3 Å². The Bertz CT molecular complexity index is 873. The maximum absolute atomic E-state index is 12.7. The molecular weight excluding hydrogens is 334 g/mol. The molecular formula is C16H14F2N4OS. The third-order valence-corrected chi connectivity index (χ3v) is 4.93. The number of benzene rings is 1. The Morgan fingerprint density at radius 1 is 1.38 bits per heavy atom. The van der Waals surface area contributed by atoms with E-state index in [0.29, 0.717) is 22.5 Å². The predicted octanol–water partition coefficient (Wildman–Crippen LogP) is 3.84. The van der Waals surface area contributed by atoms with Gasteiger partial charge in [-0.25, -0.2) is 18.7 Å². The largest absolute Gasteiger partial charge is 0.343 e. The first-order valence-corrected chi connectivity index (χ1v) is 8.48. The van der Waals surface area contributed by atoms with Crippen LogP contribution in [0.3, 0.4) is 0 Å². The van der Waals surface area contributed by atoms with Gasteiger partial charge in [-0.2, -0.15) is 0 Å².